The molecule has 2 aliphatic heterocycles. The quantitative estimate of drug-likeness (QED) is 0.468. The van der Waals surface area contributed by atoms with E-state index in [4.69, 9.17) is 0 Å². The zero-order valence-corrected chi connectivity index (χ0v) is 22.4. The first-order valence-electron chi connectivity index (χ1n) is 13.8. The first kappa shape index (κ1) is 24.7. The summed E-state index contributed by atoms with van der Waals surface area (Å²) in [5.74, 6) is 0. The van der Waals surface area contributed by atoms with Crippen molar-refractivity contribution in [2.75, 3.05) is 44.2 Å². The summed E-state index contributed by atoms with van der Waals surface area (Å²) in [4.78, 5) is 5.45. The molecule has 0 unspecified atom stereocenters. The highest BCUT2D eigenvalue weighted by atomic mass is 32.2. The van der Waals surface area contributed by atoms with E-state index in [0.717, 1.165) is 36.6 Å². The van der Waals surface area contributed by atoms with Gasteiger partial charge < -0.3 is 4.90 Å². The molecule has 0 spiro atoms. The number of anilines is 1. The Hall–Kier alpha value is -2.67. The van der Waals surface area contributed by atoms with Crippen LogP contribution in [0.2, 0.25) is 0 Å². The summed E-state index contributed by atoms with van der Waals surface area (Å²) >= 11 is 0. The highest BCUT2D eigenvalue weighted by Gasteiger charge is 2.29. The first-order valence-corrected chi connectivity index (χ1v) is 15.3. The van der Waals surface area contributed by atoms with Gasteiger partial charge in [-0.15, -0.1) is 0 Å². The van der Waals surface area contributed by atoms with Crippen LogP contribution in [-0.2, 0) is 22.9 Å². The Labute approximate surface area is 221 Å². The van der Waals surface area contributed by atoms with E-state index >= 15 is 0 Å². The van der Waals surface area contributed by atoms with Crippen molar-refractivity contribution in [2.24, 2.45) is 0 Å². The van der Waals surface area contributed by atoms with Crippen LogP contribution in [0.3, 0.4) is 0 Å². The van der Waals surface area contributed by atoms with Gasteiger partial charge in [-0.2, -0.15) is 4.31 Å². The van der Waals surface area contributed by atoms with Crippen molar-refractivity contribution >= 4 is 15.7 Å². The van der Waals surface area contributed by atoms with Gasteiger partial charge >= 0.3 is 0 Å². The van der Waals surface area contributed by atoms with Gasteiger partial charge in [0.05, 0.1) is 4.90 Å². The van der Waals surface area contributed by atoms with Gasteiger partial charge in [0.15, 0.2) is 0 Å². The summed E-state index contributed by atoms with van der Waals surface area (Å²) in [7, 11) is -3.50. The Morgan fingerprint density at radius 3 is 2.00 bits per heavy atom. The van der Waals surface area contributed by atoms with Gasteiger partial charge in [0, 0.05) is 51.0 Å². The highest BCUT2D eigenvalue weighted by molar-refractivity contribution is 7.89. The third-order valence-corrected chi connectivity index (χ3v) is 10.5. The van der Waals surface area contributed by atoms with Gasteiger partial charge in [0.25, 0.3) is 0 Å². The molecule has 0 N–H and O–H groups in total. The molecule has 3 aromatic carbocycles. The molecule has 0 amide bonds. The van der Waals surface area contributed by atoms with Crippen molar-refractivity contribution in [3.63, 3.8) is 0 Å². The number of fused-ring (bicyclic) bond motifs is 1. The lowest BCUT2D eigenvalue weighted by atomic mass is 10.0. The van der Waals surface area contributed by atoms with E-state index in [1.165, 1.54) is 49.0 Å². The van der Waals surface area contributed by atoms with Gasteiger partial charge in [-0.3, -0.25) is 4.90 Å². The number of nitrogens with zero attached hydrogens (tertiary/aromatic N) is 3. The van der Waals surface area contributed by atoms with Crippen molar-refractivity contribution in [3.05, 3.63) is 83.9 Å². The summed E-state index contributed by atoms with van der Waals surface area (Å²) in [6.45, 7) is 4.79. The molecule has 0 radical (unpaired) electrons. The molecule has 2 fully saturated rings. The topological polar surface area (TPSA) is 43.9 Å². The largest absolute Gasteiger partial charge is 0.369 e. The van der Waals surface area contributed by atoms with Crippen molar-refractivity contribution in [2.45, 2.75) is 49.5 Å². The van der Waals surface area contributed by atoms with Crippen molar-refractivity contribution in [1.29, 1.82) is 0 Å². The lowest BCUT2D eigenvalue weighted by Gasteiger charge is -2.35. The molecule has 2 heterocycles. The molecule has 5 nitrogen and oxygen atoms in total. The molecule has 0 atom stereocenters. The maximum atomic E-state index is 13.4. The Kier molecular flexibility index (Phi) is 7.06. The Bertz CT molecular complexity index is 1310. The van der Waals surface area contributed by atoms with Crippen LogP contribution in [0.1, 0.15) is 36.8 Å². The fraction of sp³-hybridized carbons (Fsp3) is 0.419. The van der Waals surface area contributed by atoms with Gasteiger partial charge in [-0.25, -0.2) is 8.42 Å². The van der Waals surface area contributed by atoms with Crippen LogP contribution >= 0.6 is 0 Å². The van der Waals surface area contributed by atoms with E-state index in [0.29, 0.717) is 31.1 Å². The molecule has 1 saturated carbocycles. The average molecular weight is 516 g/mol. The normalized spacial score (nSPS) is 20.1. The third kappa shape index (κ3) is 5.20. The molecular weight excluding hydrogens is 478 g/mol. The van der Waals surface area contributed by atoms with E-state index in [2.05, 4.69) is 28.0 Å². The zero-order valence-electron chi connectivity index (χ0n) is 21.6. The second kappa shape index (κ2) is 10.6. The van der Waals surface area contributed by atoms with Gasteiger partial charge in [0.1, 0.15) is 0 Å². The van der Waals surface area contributed by atoms with E-state index in [9.17, 15) is 8.42 Å². The standard InChI is InChI=1S/C31H37N3O2S/c35-37(36,31-14-11-26(12-15-31)25-6-2-1-3-7-25)34-22-20-33(21-23-34)30-13-10-27-16-18-32(19-17-28(27)24-30)29-8-4-5-9-29/h1-3,6-7,10-15,24,29H,4-5,8-9,16-23H2. The van der Waals surface area contributed by atoms with E-state index in [1.807, 2.05) is 42.5 Å². The molecule has 0 bridgehead atoms. The number of piperazine rings is 1. The number of hydrogen-bond donors (Lipinski definition) is 0. The van der Waals surface area contributed by atoms with Crippen molar-refractivity contribution in [1.82, 2.24) is 9.21 Å². The SMILES string of the molecule is O=S(=O)(c1ccc(-c2ccccc2)cc1)N1CCN(c2ccc3c(c2)CCN(C2CCCC2)CC3)CC1. The molecule has 6 rings (SSSR count). The summed E-state index contributed by atoms with van der Waals surface area (Å²) < 4.78 is 28.3. The Morgan fingerprint density at radius 1 is 0.649 bits per heavy atom. The van der Waals surface area contributed by atoms with E-state index in [1.54, 1.807) is 16.4 Å². The summed E-state index contributed by atoms with van der Waals surface area (Å²) in [6.07, 6.45) is 7.77. The number of sulfonamides is 1. The van der Waals surface area contributed by atoms with Gasteiger partial charge in [0.2, 0.25) is 10.0 Å². The molecule has 6 heteroatoms. The Balaban J connectivity index is 1.09. The molecule has 37 heavy (non-hydrogen) atoms. The molecular formula is C31H37N3O2S. The summed E-state index contributed by atoms with van der Waals surface area (Å²) in [5.41, 5.74) is 6.32. The predicted octanol–water partition coefficient (Wildman–Crippen LogP) is 5.21. The second-order valence-corrected chi connectivity index (χ2v) is 12.6. The lowest BCUT2D eigenvalue weighted by Crippen LogP contribution is -2.48. The second-order valence-electron chi connectivity index (χ2n) is 10.7. The van der Waals surface area contributed by atoms with E-state index in [-0.39, 0.29) is 0 Å². The molecule has 3 aromatic rings. The molecule has 1 aliphatic carbocycles. The van der Waals surface area contributed by atoms with Gasteiger partial charge in [-0.1, -0.05) is 61.4 Å². The fourth-order valence-corrected chi connectivity index (χ4v) is 7.77. The van der Waals surface area contributed by atoms with Crippen LogP contribution in [0.4, 0.5) is 5.69 Å². The third-order valence-electron chi connectivity index (χ3n) is 8.57. The van der Waals surface area contributed by atoms with Gasteiger partial charge in [-0.05, 0) is 72.2 Å². The number of benzene rings is 3. The van der Waals surface area contributed by atoms with Crippen LogP contribution < -0.4 is 4.90 Å². The lowest BCUT2D eigenvalue weighted by molar-refractivity contribution is 0.208. The average Bonchev–Trinajstić information content (AvgIpc) is 3.41. The van der Waals surface area contributed by atoms with Crippen LogP contribution in [0.15, 0.2) is 77.7 Å². The van der Waals surface area contributed by atoms with Crippen LogP contribution in [0.5, 0.6) is 0 Å². The van der Waals surface area contributed by atoms with E-state index < -0.39 is 10.0 Å². The molecule has 194 valence electrons. The zero-order chi connectivity index (χ0) is 25.2. The maximum absolute atomic E-state index is 13.4. The first-order chi connectivity index (χ1) is 18.1. The maximum Gasteiger partial charge on any atom is 0.243 e. The highest BCUT2D eigenvalue weighted by Crippen LogP contribution is 2.29. The molecule has 1 saturated heterocycles. The number of hydrogen-bond acceptors (Lipinski definition) is 4. The van der Waals surface area contributed by atoms with Crippen LogP contribution in [0.25, 0.3) is 11.1 Å². The number of rotatable bonds is 5. The minimum atomic E-state index is -3.50. The Morgan fingerprint density at radius 2 is 1.30 bits per heavy atom. The van der Waals surface area contributed by atoms with Crippen molar-refractivity contribution < 1.29 is 8.42 Å². The summed E-state index contributed by atoms with van der Waals surface area (Å²) in [6, 6.07) is 25.1. The smallest absolute Gasteiger partial charge is 0.243 e. The summed E-state index contributed by atoms with van der Waals surface area (Å²) in [5, 5.41) is 0. The minimum absolute atomic E-state index is 0.373. The minimum Gasteiger partial charge on any atom is -0.369 e. The van der Waals surface area contributed by atoms with Crippen LogP contribution in [-0.4, -0.2) is 62.9 Å². The molecule has 3 aliphatic rings. The predicted molar refractivity (Wildman–Crippen MR) is 151 cm³/mol. The van der Waals surface area contributed by atoms with Crippen molar-refractivity contribution in [3.8, 4) is 11.1 Å². The fourth-order valence-electron chi connectivity index (χ4n) is 6.35. The molecule has 0 aromatic heterocycles. The monoisotopic (exact) mass is 515 g/mol. The van der Waals surface area contributed by atoms with Crippen LogP contribution in [0, 0.1) is 0 Å².